The molecule has 0 aliphatic carbocycles. The highest BCUT2D eigenvalue weighted by Crippen LogP contribution is 2.23. The molecule has 2 rings (SSSR count). The summed E-state index contributed by atoms with van der Waals surface area (Å²) < 4.78 is 0. The van der Waals surface area contributed by atoms with Crippen molar-refractivity contribution in [3.63, 3.8) is 0 Å². The lowest BCUT2D eigenvalue weighted by molar-refractivity contribution is 1.63. The number of benzene rings is 2. The Morgan fingerprint density at radius 1 is 1.06 bits per heavy atom. The smallest absolute Gasteiger partial charge is 0.0323 e. The molecular weight excluding hydrogens is 192 g/mol. The Morgan fingerprint density at radius 3 is 2.62 bits per heavy atom. The van der Waals surface area contributed by atoms with Gasteiger partial charge in [-0.15, -0.1) is 5.92 Å². The van der Waals surface area contributed by atoms with Gasteiger partial charge in [-0.3, -0.25) is 0 Å². The Kier molecular flexibility index (Phi) is 3.08. The van der Waals surface area contributed by atoms with Crippen molar-refractivity contribution in [1.82, 2.24) is 0 Å². The van der Waals surface area contributed by atoms with Crippen LogP contribution in [0.4, 0.5) is 0 Å². The van der Waals surface area contributed by atoms with E-state index in [4.69, 9.17) is 0 Å². The van der Waals surface area contributed by atoms with E-state index in [1.807, 2.05) is 13.8 Å². The Balaban J connectivity index is 2.82. The third-order valence-corrected chi connectivity index (χ3v) is 2.56. The molecule has 2 aromatic rings. The zero-order valence-corrected chi connectivity index (χ0v) is 9.62. The van der Waals surface area contributed by atoms with Crippen molar-refractivity contribution in [2.75, 3.05) is 0 Å². The topological polar surface area (TPSA) is 0 Å². The minimum Gasteiger partial charge on any atom is -0.101 e. The summed E-state index contributed by atoms with van der Waals surface area (Å²) in [6, 6.07) is 12.6. The summed E-state index contributed by atoms with van der Waals surface area (Å²) in [4.78, 5) is 0. The molecular formula is C16H14. The molecule has 0 heteroatoms. The van der Waals surface area contributed by atoms with Crippen LogP contribution in [-0.4, -0.2) is 0 Å². The quantitative estimate of drug-likeness (QED) is 0.612. The van der Waals surface area contributed by atoms with Gasteiger partial charge in [0.1, 0.15) is 0 Å². The summed E-state index contributed by atoms with van der Waals surface area (Å²) in [5.41, 5.74) is 2.31. The van der Waals surface area contributed by atoms with Crippen LogP contribution in [0.5, 0.6) is 0 Å². The van der Waals surface area contributed by atoms with Crippen LogP contribution in [-0.2, 0) is 0 Å². The van der Waals surface area contributed by atoms with Gasteiger partial charge in [0.25, 0.3) is 0 Å². The number of fused-ring (bicyclic) bond motifs is 1. The number of allylic oxidation sites excluding steroid dienone is 1. The van der Waals surface area contributed by atoms with Crippen molar-refractivity contribution in [2.24, 2.45) is 0 Å². The van der Waals surface area contributed by atoms with E-state index in [2.05, 4.69) is 60.4 Å². The maximum atomic E-state index is 3.15. The molecule has 78 valence electrons. The molecule has 0 spiro atoms. The molecule has 0 atom stereocenters. The molecule has 0 amide bonds. The van der Waals surface area contributed by atoms with E-state index in [1.54, 1.807) is 0 Å². The van der Waals surface area contributed by atoms with Gasteiger partial charge in [-0.1, -0.05) is 48.4 Å². The average Bonchev–Trinajstić information content (AvgIpc) is 2.32. The second kappa shape index (κ2) is 4.68. The molecule has 0 N–H and O–H groups in total. The number of rotatable bonds is 1. The maximum Gasteiger partial charge on any atom is 0.0323 e. The van der Waals surface area contributed by atoms with Gasteiger partial charge in [0.2, 0.25) is 0 Å². The number of hydrogen-bond donors (Lipinski definition) is 0. The van der Waals surface area contributed by atoms with Crippen molar-refractivity contribution in [3.8, 4) is 11.8 Å². The van der Waals surface area contributed by atoms with Crippen LogP contribution in [0.1, 0.15) is 25.0 Å². The van der Waals surface area contributed by atoms with Gasteiger partial charge in [-0.2, -0.15) is 0 Å². The summed E-state index contributed by atoms with van der Waals surface area (Å²) >= 11 is 0. The predicted octanol–water partition coefficient (Wildman–Crippen LogP) is 4.24. The van der Waals surface area contributed by atoms with E-state index in [9.17, 15) is 0 Å². The molecule has 2 aromatic carbocycles. The lowest BCUT2D eigenvalue weighted by atomic mass is 9.99. The van der Waals surface area contributed by atoms with Gasteiger partial charge in [0, 0.05) is 5.56 Å². The Morgan fingerprint density at radius 2 is 1.88 bits per heavy atom. The molecule has 0 aliphatic heterocycles. The van der Waals surface area contributed by atoms with Crippen molar-refractivity contribution >= 4 is 16.8 Å². The zero-order chi connectivity index (χ0) is 11.4. The molecule has 0 aromatic heterocycles. The van der Waals surface area contributed by atoms with Crippen LogP contribution in [0.25, 0.3) is 16.8 Å². The Bertz CT molecular complexity index is 592. The predicted molar refractivity (Wildman–Crippen MR) is 71.2 cm³/mol. The van der Waals surface area contributed by atoms with Gasteiger partial charge in [0.15, 0.2) is 0 Å². The normalized spacial score (nSPS) is 10.4. The average molecular weight is 206 g/mol. The van der Waals surface area contributed by atoms with Crippen LogP contribution < -0.4 is 0 Å². The summed E-state index contributed by atoms with van der Waals surface area (Å²) in [6.45, 7) is 3.90. The largest absolute Gasteiger partial charge is 0.101 e. The molecule has 16 heavy (non-hydrogen) atoms. The number of hydrogen-bond acceptors (Lipinski definition) is 0. The molecule has 0 nitrogen and oxygen atoms in total. The Labute approximate surface area is 96.6 Å². The summed E-state index contributed by atoms with van der Waals surface area (Å²) in [6.07, 6.45) is 4.19. The summed E-state index contributed by atoms with van der Waals surface area (Å²) in [5.74, 6) is 6.12. The third kappa shape index (κ3) is 1.85. The first-order valence-electron chi connectivity index (χ1n) is 5.44. The van der Waals surface area contributed by atoms with Crippen LogP contribution in [0.2, 0.25) is 0 Å². The minimum atomic E-state index is 1.10. The zero-order valence-electron chi connectivity index (χ0n) is 9.62. The van der Waals surface area contributed by atoms with Gasteiger partial charge in [-0.05, 0) is 36.2 Å². The molecule has 0 bridgehead atoms. The Hall–Kier alpha value is -2.00. The van der Waals surface area contributed by atoms with E-state index in [0.717, 1.165) is 5.56 Å². The highest BCUT2D eigenvalue weighted by Gasteiger charge is 2.02. The second-order valence-electron chi connectivity index (χ2n) is 3.62. The van der Waals surface area contributed by atoms with Gasteiger partial charge < -0.3 is 0 Å². The van der Waals surface area contributed by atoms with Gasteiger partial charge >= 0.3 is 0 Å². The molecule has 0 saturated carbocycles. The fourth-order valence-corrected chi connectivity index (χ4v) is 1.89. The monoisotopic (exact) mass is 206 g/mol. The molecule has 0 aliphatic rings. The second-order valence-corrected chi connectivity index (χ2v) is 3.62. The fraction of sp³-hybridized carbons (Fsp3) is 0.125. The first-order valence-corrected chi connectivity index (χ1v) is 5.44. The lowest BCUT2D eigenvalue weighted by Crippen LogP contribution is -1.85. The first-order chi connectivity index (χ1) is 7.86. The highest BCUT2D eigenvalue weighted by atomic mass is 14.0. The molecule has 0 heterocycles. The summed E-state index contributed by atoms with van der Waals surface area (Å²) in [5, 5.41) is 2.53. The lowest BCUT2D eigenvalue weighted by Gasteiger charge is -2.05. The van der Waals surface area contributed by atoms with Gasteiger partial charge in [-0.25, -0.2) is 0 Å². The van der Waals surface area contributed by atoms with E-state index in [0.29, 0.717) is 0 Å². The van der Waals surface area contributed by atoms with Crippen LogP contribution in [0, 0.1) is 11.8 Å². The third-order valence-electron chi connectivity index (χ3n) is 2.56. The standard InChI is InChI=1S/C16H14/c1-3-7-13-11-12-14-9-5-6-10-16(14)15(13)8-4-2/h4-6,8-12H,1-2H3/b8-4-. The first kappa shape index (κ1) is 10.5. The van der Waals surface area contributed by atoms with Crippen LogP contribution in [0.15, 0.2) is 42.5 Å². The molecule has 0 saturated heterocycles. The van der Waals surface area contributed by atoms with Crippen molar-refractivity contribution in [3.05, 3.63) is 53.6 Å². The minimum absolute atomic E-state index is 1.10. The molecule has 0 fully saturated rings. The molecule has 0 radical (unpaired) electrons. The SMILES string of the molecule is CC#Cc1ccc2ccccc2c1/C=C\C. The highest BCUT2D eigenvalue weighted by molar-refractivity contribution is 5.92. The maximum absolute atomic E-state index is 3.15. The van der Waals surface area contributed by atoms with Gasteiger partial charge in [0.05, 0.1) is 0 Å². The van der Waals surface area contributed by atoms with E-state index >= 15 is 0 Å². The van der Waals surface area contributed by atoms with E-state index in [-0.39, 0.29) is 0 Å². The van der Waals surface area contributed by atoms with E-state index in [1.165, 1.54) is 16.3 Å². The molecule has 0 unspecified atom stereocenters. The van der Waals surface area contributed by atoms with Crippen LogP contribution >= 0.6 is 0 Å². The fourth-order valence-electron chi connectivity index (χ4n) is 1.89. The van der Waals surface area contributed by atoms with Crippen LogP contribution in [0.3, 0.4) is 0 Å². The van der Waals surface area contributed by atoms with Crippen molar-refractivity contribution < 1.29 is 0 Å². The van der Waals surface area contributed by atoms with Crippen molar-refractivity contribution in [1.29, 1.82) is 0 Å². The van der Waals surface area contributed by atoms with Crippen molar-refractivity contribution in [2.45, 2.75) is 13.8 Å². The summed E-state index contributed by atoms with van der Waals surface area (Å²) in [7, 11) is 0. The van der Waals surface area contributed by atoms with E-state index < -0.39 is 0 Å².